The Labute approximate surface area is 233 Å². The number of anilines is 2. The highest BCUT2D eigenvalue weighted by Gasteiger charge is 2.31. The van der Waals surface area contributed by atoms with E-state index in [2.05, 4.69) is 29.0 Å². The highest BCUT2D eigenvalue weighted by atomic mass is 19.3. The summed E-state index contributed by atoms with van der Waals surface area (Å²) in [5, 5.41) is 3.53. The molecule has 3 atom stereocenters. The molecule has 11 heteroatoms. The molecular weight excluding hydrogens is 516 g/mol. The third-order valence-electron chi connectivity index (χ3n) is 8.42. The molecule has 9 nitrogen and oxygen atoms in total. The van der Waals surface area contributed by atoms with Crippen LogP contribution in [0.15, 0.2) is 30.3 Å². The summed E-state index contributed by atoms with van der Waals surface area (Å²) in [6.07, 6.45) is 2.33. The molecule has 0 aliphatic carbocycles. The zero-order chi connectivity index (χ0) is 27.6. The van der Waals surface area contributed by atoms with Crippen LogP contribution in [-0.2, 0) is 9.47 Å². The summed E-state index contributed by atoms with van der Waals surface area (Å²) in [7, 11) is 0. The topological polar surface area (TPSA) is 80.6 Å². The molecule has 0 bridgehead atoms. The lowest BCUT2D eigenvalue weighted by molar-refractivity contribution is -0.0693. The van der Waals surface area contributed by atoms with E-state index in [-0.39, 0.29) is 5.82 Å². The molecule has 0 amide bonds. The molecule has 0 radical (unpaired) electrons. The Morgan fingerprint density at radius 1 is 0.975 bits per heavy atom. The van der Waals surface area contributed by atoms with Crippen LogP contribution in [0.25, 0.3) is 16.9 Å². The molecule has 1 aromatic carbocycles. The van der Waals surface area contributed by atoms with E-state index in [4.69, 9.17) is 19.4 Å². The molecule has 6 rings (SSSR count). The van der Waals surface area contributed by atoms with Gasteiger partial charge in [-0.3, -0.25) is 4.57 Å². The number of aromatic nitrogens is 4. The molecule has 1 N–H and O–H groups in total. The van der Waals surface area contributed by atoms with Crippen molar-refractivity contribution in [3.63, 3.8) is 0 Å². The molecule has 0 spiro atoms. The fourth-order valence-electron chi connectivity index (χ4n) is 6.40. The van der Waals surface area contributed by atoms with E-state index in [1.807, 2.05) is 11.0 Å². The molecule has 3 aromatic rings. The minimum Gasteiger partial charge on any atom is -0.378 e. The fourth-order valence-corrected chi connectivity index (χ4v) is 6.40. The normalized spacial score (nSPS) is 25.1. The predicted octanol–water partition coefficient (Wildman–Crippen LogP) is 4.67. The van der Waals surface area contributed by atoms with Gasteiger partial charge in [0.05, 0.1) is 36.5 Å². The predicted molar refractivity (Wildman–Crippen MR) is 150 cm³/mol. The molecular formula is C29H39F2N7O2. The fraction of sp³-hybridized carbons (Fsp3) is 0.621. The number of hydrogen-bond donors (Lipinski definition) is 1. The van der Waals surface area contributed by atoms with Gasteiger partial charge in [-0.05, 0) is 70.7 Å². The van der Waals surface area contributed by atoms with Crippen LogP contribution in [0.1, 0.15) is 51.8 Å². The summed E-state index contributed by atoms with van der Waals surface area (Å²) < 4.78 is 41.2. The zero-order valence-corrected chi connectivity index (χ0v) is 23.3. The molecule has 0 saturated carbocycles. The number of likely N-dealkylation sites (tertiary alicyclic amines) is 1. The van der Waals surface area contributed by atoms with Gasteiger partial charge in [-0.2, -0.15) is 9.97 Å². The number of nitrogens with zero attached hydrogens (tertiary/aromatic N) is 6. The number of benzene rings is 1. The molecule has 2 aromatic heterocycles. The van der Waals surface area contributed by atoms with E-state index in [9.17, 15) is 8.78 Å². The summed E-state index contributed by atoms with van der Waals surface area (Å²) >= 11 is 0. The van der Waals surface area contributed by atoms with E-state index in [0.29, 0.717) is 79.1 Å². The van der Waals surface area contributed by atoms with E-state index in [1.54, 1.807) is 24.3 Å². The van der Waals surface area contributed by atoms with Gasteiger partial charge in [0.15, 0.2) is 5.82 Å². The summed E-state index contributed by atoms with van der Waals surface area (Å²) in [5.74, 6) is 1.74. The first-order valence-electron chi connectivity index (χ1n) is 14.6. The Kier molecular flexibility index (Phi) is 8.13. The van der Waals surface area contributed by atoms with Crippen LogP contribution >= 0.6 is 0 Å². The Hall–Kier alpha value is -2.89. The number of imidazole rings is 1. The molecule has 3 fully saturated rings. The lowest BCUT2D eigenvalue weighted by Gasteiger charge is -2.42. The molecule has 40 heavy (non-hydrogen) atoms. The largest absolute Gasteiger partial charge is 0.378 e. The van der Waals surface area contributed by atoms with Gasteiger partial charge < -0.3 is 24.6 Å². The maximum Gasteiger partial charge on any atom is 0.296 e. The van der Waals surface area contributed by atoms with Crippen molar-refractivity contribution in [2.75, 3.05) is 56.2 Å². The number of piperidine rings is 1. The maximum atomic E-state index is 14.1. The average molecular weight is 556 g/mol. The van der Waals surface area contributed by atoms with E-state index >= 15 is 0 Å². The van der Waals surface area contributed by atoms with Crippen molar-refractivity contribution in [1.29, 1.82) is 0 Å². The van der Waals surface area contributed by atoms with Crippen LogP contribution < -0.4 is 10.2 Å². The zero-order valence-electron chi connectivity index (χ0n) is 23.3. The number of nitrogens with one attached hydrogen (secondary N) is 1. The number of fused-ring (bicyclic) bond motifs is 1. The van der Waals surface area contributed by atoms with E-state index < -0.39 is 6.43 Å². The molecule has 3 aliphatic rings. The SMILES string of the molecule is C[C@@H]1CC(N2CCC(CNc3cc(-n4c(C(F)F)nc5ccccc54)nc(N4CCOCC4)n3)CC2)C[C@H](C)O1. The monoisotopic (exact) mass is 555 g/mol. The number of hydrogen-bond acceptors (Lipinski definition) is 8. The van der Waals surface area contributed by atoms with Gasteiger partial charge in [0.25, 0.3) is 6.43 Å². The summed E-state index contributed by atoms with van der Waals surface area (Å²) in [6.45, 7) is 9.77. The number of alkyl halides is 2. The van der Waals surface area contributed by atoms with Gasteiger partial charge in [-0.25, -0.2) is 13.8 Å². The first-order valence-corrected chi connectivity index (χ1v) is 14.6. The van der Waals surface area contributed by atoms with Crippen LogP contribution in [0.3, 0.4) is 0 Å². The maximum absolute atomic E-state index is 14.1. The van der Waals surface area contributed by atoms with Gasteiger partial charge in [0, 0.05) is 31.7 Å². The average Bonchev–Trinajstić information content (AvgIpc) is 3.36. The minimum absolute atomic E-state index is 0.317. The van der Waals surface area contributed by atoms with Crippen molar-refractivity contribution in [2.45, 2.75) is 64.2 Å². The van der Waals surface area contributed by atoms with Crippen LogP contribution in [-0.4, -0.2) is 88.6 Å². The number of rotatable bonds is 7. The number of ether oxygens (including phenoxy) is 2. The van der Waals surface area contributed by atoms with Crippen molar-refractivity contribution in [2.24, 2.45) is 5.92 Å². The molecule has 5 heterocycles. The Morgan fingerprint density at radius 3 is 2.42 bits per heavy atom. The standard InChI is InChI=1S/C29H39F2N7O2/c1-19-15-22(16-20(2)40-19)36-9-7-21(8-10-36)18-32-25-17-26(35-29(34-25)37-11-13-39-14-12-37)38-24-6-4-3-5-23(24)33-28(38)27(30)31/h3-6,17,19-22,27H,7-16,18H2,1-2H3,(H,32,34,35)/t19-,20+,22?. The van der Waals surface area contributed by atoms with Gasteiger partial charge in [-0.15, -0.1) is 0 Å². The highest BCUT2D eigenvalue weighted by molar-refractivity contribution is 5.78. The minimum atomic E-state index is -2.74. The Bertz CT molecular complexity index is 1280. The molecule has 216 valence electrons. The van der Waals surface area contributed by atoms with Crippen LogP contribution in [0.2, 0.25) is 0 Å². The van der Waals surface area contributed by atoms with Gasteiger partial charge in [-0.1, -0.05) is 12.1 Å². The van der Waals surface area contributed by atoms with Crippen molar-refractivity contribution < 1.29 is 18.3 Å². The van der Waals surface area contributed by atoms with Crippen molar-refractivity contribution in [3.05, 3.63) is 36.2 Å². The number of para-hydroxylation sites is 2. The van der Waals surface area contributed by atoms with Crippen LogP contribution in [0.4, 0.5) is 20.5 Å². The summed E-state index contributed by atoms with van der Waals surface area (Å²) in [6, 6.07) is 9.54. The second-order valence-electron chi connectivity index (χ2n) is 11.3. The first kappa shape index (κ1) is 27.3. The Morgan fingerprint density at radius 2 is 1.70 bits per heavy atom. The van der Waals surface area contributed by atoms with Gasteiger partial charge >= 0.3 is 0 Å². The second kappa shape index (κ2) is 11.9. The second-order valence-corrected chi connectivity index (χ2v) is 11.3. The lowest BCUT2D eigenvalue weighted by atomic mass is 9.92. The summed E-state index contributed by atoms with van der Waals surface area (Å²) in [5.41, 5.74) is 1.11. The molecule has 1 unspecified atom stereocenters. The molecule has 3 aliphatic heterocycles. The van der Waals surface area contributed by atoms with Crippen molar-refractivity contribution in [3.8, 4) is 5.82 Å². The van der Waals surface area contributed by atoms with Crippen molar-refractivity contribution >= 4 is 22.8 Å². The van der Waals surface area contributed by atoms with E-state index in [1.165, 1.54) is 4.57 Å². The quantitative estimate of drug-likeness (QED) is 0.451. The third kappa shape index (κ3) is 5.91. The Balaban J connectivity index is 1.21. The van der Waals surface area contributed by atoms with Crippen molar-refractivity contribution in [1.82, 2.24) is 24.4 Å². The number of morpholine rings is 1. The first-order chi connectivity index (χ1) is 19.4. The van der Waals surface area contributed by atoms with E-state index in [0.717, 1.165) is 45.3 Å². The molecule has 3 saturated heterocycles. The van der Waals surface area contributed by atoms with Crippen LogP contribution in [0.5, 0.6) is 0 Å². The van der Waals surface area contributed by atoms with Gasteiger partial charge in [0.2, 0.25) is 5.95 Å². The van der Waals surface area contributed by atoms with Gasteiger partial charge in [0.1, 0.15) is 11.6 Å². The lowest BCUT2D eigenvalue weighted by Crippen LogP contribution is -2.48. The summed E-state index contributed by atoms with van der Waals surface area (Å²) in [4.78, 5) is 18.5. The third-order valence-corrected chi connectivity index (χ3v) is 8.42. The smallest absolute Gasteiger partial charge is 0.296 e. The van der Waals surface area contributed by atoms with Crippen LogP contribution in [0, 0.1) is 5.92 Å². The highest BCUT2D eigenvalue weighted by Crippen LogP contribution is 2.30. The number of halogens is 2.